The van der Waals surface area contributed by atoms with E-state index in [2.05, 4.69) is 17.6 Å². The van der Waals surface area contributed by atoms with Crippen LogP contribution in [0.15, 0.2) is 30.3 Å². The zero-order valence-corrected chi connectivity index (χ0v) is 16.1. The van der Waals surface area contributed by atoms with Crippen molar-refractivity contribution in [3.8, 4) is 0 Å². The van der Waals surface area contributed by atoms with Crippen molar-refractivity contribution in [2.75, 3.05) is 26.2 Å². The van der Waals surface area contributed by atoms with Gasteiger partial charge in [-0.15, -0.1) is 0 Å². The number of carbonyl (C=O) groups is 3. The van der Waals surface area contributed by atoms with Crippen LogP contribution in [-0.4, -0.2) is 55.0 Å². The maximum absolute atomic E-state index is 12.7. The number of nitrogens with zero attached hydrogens (tertiary/aromatic N) is 1. The second-order valence-electron chi connectivity index (χ2n) is 6.57. The molecule has 2 N–H and O–H groups in total. The Morgan fingerprint density at radius 1 is 1.30 bits per heavy atom. The quantitative estimate of drug-likeness (QED) is 0.637. The molecule has 1 saturated heterocycles. The molecule has 0 spiro atoms. The summed E-state index contributed by atoms with van der Waals surface area (Å²) in [6.45, 7) is 5.16. The van der Waals surface area contributed by atoms with E-state index in [9.17, 15) is 14.4 Å². The van der Waals surface area contributed by atoms with Crippen molar-refractivity contribution >= 4 is 17.8 Å². The first-order chi connectivity index (χ1) is 13.1. The molecule has 0 aliphatic carbocycles. The van der Waals surface area contributed by atoms with E-state index >= 15 is 0 Å². The van der Waals surface area contributed by atoms with Gasteiger partial charge in [0.2, 0.25) is 11.8 Å². The molecule has 7 heteroatoms. The van der Waals surface area contributed by atoms with Gasteiger partial charge in [0.25, 0.3) is 0 Å². The smallest absolute Gasteiger partial charge is 0.308 e. The summed E-state index contributed by atoms with van der Waals surface area (Å²) < 4.78 is 5.07. The molecule has 0 aromatic heterocycles. The summed E-state index contributed by atoms with van der Waals surface area (Å²) >= 11 is 0. The third-order valence-corrected chi connectivity index (χ3v) is 4.59. The lowest BCUT2D eigenvalue weighted by Gasteiger charge is -2.35. The SMILES string of the molecule is CCCOC(=O)CC1C(=O)NCCN1C(=O)CNC(CC)c1ccccc1. The second-order valence-corrected chi connectivity index (χ2v) is 6.57. The highest BCUT2D eigenvalue weighted by molar-refractivity contribution is 5.92. The number of esters is 1. The molecule has 2 unspecified atom stereocenters. The van der Waals surface area contributed by atoms with Gasteiger partial charge in [0.05, 0.1) is 19.6 Å². The number of ether oxygens (including phenoxy) is 1. The average Bonchev–Trinajstić information content (AvgIpc) is 2.69. The van der Waals surface area contributed by atoms with Crippen molar-refractivity contribution in [2.45, 2.75) is 45.2 Å². The van der Waals surface area contributed by atoms with Crippen LogP contribution in [0.2, 0.25) is 0 Å². The third-order valence-electron chi connectivity index (χ3n) is 4.59. The lowest BCUT2D eigenvalue weighted by molar-refractivity contribution is -0.151. The molecule has 7 nitrogen and oxygen atoms in total. The maximum atomic E-state index is 12.7. The Labute approximate surface area is 160 Å². The summed E-state index contributed by atoms with van der Waals surface area (Å²) in [5, 5.41) is 5.99. The highest BCUT2D eigenvalue weighted by atomic mass is 16.5. The van der Waals surface area contributed by atoms with Crippen LogP contribution in [0.25, 0.3) is 0 Å². The van der Waals surface area contributed by atoms with Crippen LogP contribution in [0.5, 0.6) is 0 Å². The topological polar surface area (TPSA) is 87.7 Å². The number of hydrogen-bond donors (Lipinski definition) is 2. The Balaban J connectivity index is 1.97. The first kappa shape index (κ1) is 20.9. The van der Waals surface area contributed by atoms with Crippen LogP contribution in [0.3, 0.4) is 0 Å². The number of piperazine rings is 1. The Hall–Kier alpha value is -2.41. The van der Waals surface area contributed by atoms with Gasteiger partial charge >= 0.3 is 5.97 Å². The zero-order chi connectivity index (χ0) is 19.6. The third kappa shape index (κ3) is 6.06. The monoisotopic (exact) mass is 375 g/mol. The molecule has 2 amide bonds. The molecule has 1 aromatic rings. The lowest BCUT2D eigenvalue weighted by atomic mass is 10.0. The highest BCUT2D eigenvalue weighted by Crippen LogP contribution is 2.16. The van der Waals surface area contributed by atoms with Gasteiger partial charge in [-0.05, 0) is 18.4 Å². The van der Waals surface area contributed by atoms with E-state index in [0.29, 0.717) is 26.1 Å². The molecule has 0 bridgehead atoms. The molecule has 1 aliphatic heterocycles. The van der Waals surface area contributed by atoms with Crippen molar-refractivity contribution < 1.29 is 19.1 Å². The second kappa shape index (κ2) is 10.7. The first-order valence-electron chi connectivity index (χ1n) is 9.57. The number of benzene rings is 1. The van der Waals surface area contributed by atoms with Crippen molar-refractivity contribution in [3.05, 3.63) is 35.9 Å². The minimum Gasteiger partial charge on any atom is -0.466 e. The summed E-state index contributed by atoms with van der Waals surface area (Å²) in [6.07, 6.45) is 1.44. The molecular weight excluding hydrogens is 346 g/mol. The fourth-order valence-electron chi connectivity index (χ4n) is 3.14. The van der Waals surface area contributed by atoms with Crippen molar-refractivity contribution in [1.82, 2.24) is 15.5 Å². The minimum absolute atomic E-state index is 0.0572. The van der Waals surface area contributed by atoms with Crippen molar-refractivity contribution in [3.63, 3.8) is 0 Å². The van der Waals surface area contributed by atoms with Crippen LogP contribution >= 0.6 is 0 Å². The predicted molar refractivity (Wildman–Crippen MR) is 102 cm³/mol. The summed E-state index contributed by atoms with van der Waals surface area (Å²) in [5.41, 5.74) is 1.11. The fraction of sp³-hybridized carbons (Fsp3) is 0.550. The summed E-state index contributed by atoms with van der Waals surface area (Å²) in [5.74, 6) is -0.953. The van der Waals surface area contributed by atoms with Crippen molar-refractivity contribution in [2.24, 2.45) is 0 Å². The maximum Gasteiger partial charge on any atom is 0.308 e. The Morgan fingerprint density at radius 3 is 2.70 bits per heavy atom. The predicted octanol–water partition coefficient (Wildman–Crippen LogP) is 1.40. The summed E-state index contributed by atoms with van der Waals surface area (Å²) in [4.78, 5) is 38.3. The molecule has 1 aliphatic rings. The van der Waals surface area contributed by atoms with E-state index < -0.39 is 12.0 Å². The van der Waals surface area contributed by atoms with E-state index in [0.717, 1.165) is 12.0 Å². The normalized spacial score (nSPS) is 17.9. The van der Waals surface area contributed by atoms with E-state index in [1.807, 2.05) is 37.3 Å². The Bertz CT molecular complexity index is 635. The van der Waals surface area contributed by atoms with Crippen LogP contribution < -0.4 is 10.6 Å². The summed E-state index contributed by atoms with van der Waals surface area (Å²) in [6, 6.07) is 9.17. The van der Waals surface area contributed by atoms with Gasteiger partial charge in [-0.25, -0.2) is 0 Å². The highest BCUT2D eigenvalue weighted by Gasteiger charge is 2.35. The first-order valence-corrected chi connectivity index (χ1v) is 9.57. The number of nitrogens with one attached hydrogen (secondary N) is 2. The van der Waals surface area contributed by atoms with Gasteiger partial charge in [-0.3, -0.25) is 14.4 Å². The molecule has 2 atom stereocenters. The molecule has 27 heavy (non-hydrogen) atoms. The Kier molecular flexibility index (Phi) is 8.26. The molecule has 0 saturated carbocycles. The average molecular weight is 375 g/mol. The van der Waals surface area contributed by atoms with Gasteiger partial charge < -0.3 is 20.3 Å². The van der Waals surface area contributed by atoms with Crippen molar-refractivity contribution in [1.29, 1.82) is 0 Å². The molecule has 1 heterocycles. The summed E-state index contributed by atoms with van der Waals surface area (Å²) in [7, 11) is 0. The molecular formula is C20H29N3O4. The zero-order valence-electron chi connectivity index (χ0n) is 16.1. The lowest BCUT2D eigenvalue weighted by Crippen LogP contribution is -2.59. The van der Waals surface area contributed by atoms with Crippen LogP contribution in [0.1, 0.15) is 44.7 Å². The fourth-order valence-corrected chi connectivity index (χ4v) is 3.14. The van der Waals surface area contributed by atoms with E-state index in [1.165, 1.54) is 4.90 Å². The number of carbonyl (C=O) groups excluding carboxylic acids is 3. The van der Waals surface area contributed by atoms with Crippen LogP contribution in [0, 0.1) is 0 Å². The van der Waals surface area contributed by atoms with Gasteiger partial charge in [0, 0.05) is 19.1 Å². The minimum atomic E-state index is -0.811. The largest absolute Gasteiger partial charge is 0.466 e. The Morgan fingerprint density at radius 2 is 2.04 bits per heavy atom. The van der Waals surface area contributed by atoms with Gasteiger partial charge in [-0.2, -0.15) is 0 Å². The van der Waals surface area contributed by atoms with Crippen LogP contribution in [0.4, 0.5) is 0 Å². The number of hydrogen-bond acceptors (Lipinski definition) is 5. The van der Waals surface area contributed by atoms with Gasteiger partial charge in [0.1, 0.15) is 6.04 Å². The molecule has 1 fully saturated rings. The van der Waals surface area contributed by atoms with Gasteiger partial charge in [0.15, 0.2) is 0 Å². The molecule has 2 rings (SSSR count). The van der Waals surface area contributed by atoms with Crippen LogP contribution in [-0.2, 0) is 19.1 Å². The standard InChI is InChI=1S/C20H29N3O4/c1-3-12-27-19(25)13-17-20(26)21-10-11-23(17)18(24)14-22-16(4-2)15-8-6-5-7-9-15/h5-9,16-17,22H,3-4,10-14H2,1-2H3,(H,21,26). The van der Waals surface area contributed by atoms with Gasteiger partial charge in [-0.1, -0.05) is 44.2 Å². The van der Waals surface area contributed by atoms with E-state index in [4.69, 9.17) is 4.74 Å². The van der Waals surface area contributed by atoms with E-state index in [-0.39, 0.29) is 30.8 Å². The molecule has 1 aromatic carbocycles. The number of amides is 2. The molecule has 0 radical (unpaired) electrons. The molecule has 148 valence electrons. The number of rotatable bonds is 9. The van der Waals surface area contributed by atoms with E-state index in [1.54, 1.807) is 0 Å².